The number of carboxylic acid groups (broad SMARTS) is 1. The van der Waals surface area contributed by atoms with E-state index in [9.17, 15) is 18.0 Å². The first-order valence-electron chi connectivity index (χ1n) is 7.91. The van der Waals surface area contributed by atoms with Gasteiger partial charge in [-0.25, -0.2) is 22.9 Å². The smallest absolute Gasteiger partial charge is 0.358 e. The molecule has 0 unspecified atom stereocenters. The van der Waals surface area contributed by atoms with Gasteiger partial charge in [-0.05, 0) is 24.3 Å². The average molecular weight is 433 g/mol. The summed E-state index contributed by atoms with van der Waals surface area (Å²) in [7, 11) is 0. The van der Waals surface area contributed by atoms with Crippen LogP contribution in [0.1, 0.15) is 16.1 Å². The van der Waals surface area contributed by atoms with Gasteiger partial charge in [0.25, 0.3) is 6.43 Å². The number of aromatic carboxylic acids is 1. The third kappa shape index (κ3) is 4.87. The second-order valence-corrected chi connectivity index (χ2v) is 6.27. The number of amidine groups is 1. The Bertz CT molecular complexity index is 945. The number of rotatable bonds is 3. The maximum atomic E-state index is 14.0. The Morgan fingerprint density at radius 2 is 2.03 bits per heavy atom. The number of benzene rings is 1. The molecule has 6 N–H and O–H groups in total. The molecular weight excluding hydrogens is 417 g/mol. The van der Waals surface area contributed by atoms with Crippen LogP contribution in [0, 0.1) is 5.82 Å². The molecule has 2 heterocycles. The van der Waals surface area contributed by atoms with Gasteiger partial charge in [0.2, 0.25) is 0 Å². The van der Waals surface area contributed by atoms with Crippen LogP contribution >= 0.6 is 11.6 Å². The first-order chi connectivity index (χ1) is 13.6. The lowest BCUT2D eigenvalue weighted by Gasteiger charge is -2.33. The molecule has 0 bridgehead atoms. The molecular formula is C17H16ClF3N4O4. The number of hydrogen-bond donors (Lipinski definition) is 4. The van der Waals surface area contributed by atoms with Crippen molar-refractivity contribution in [2.75, 3.05) is 18.9 Å². The number of hydrogen-bond acceptors (Lipinski definition) is 7. The Hall–Kier alpha value is -3.05. The fourth-order valence-electron chi connectivity index (χ4n) is 2.49. The highest BCUT2D eigenvalue weighted by molar-refractivity contribution is 6.31. The number of nitrogens with two attached hydrogens (primary N) is 2. The first-order valence-corrected chi connectivity index (χ1v) is 8.28. The number of carboxylic acids is 1. The van der Waals surface area contributed by atoms with E-state index in [0.717, 1.165) is 12.1 Å². The summed E-state index contributed by atoms with van der Waals surface area (Å²) in [6, 6.07) is 4.94. The monoisotopic (exact) mass is 432 g/mol. The third-order valence-corrected chi connectivity index (χ3v) is 4.06. The molecule has 1 atom stereocenters. The zero-order valence-electron chi connectivity index (χ0n) is 14.7. The van der Waals surface area contributed by atoms with Crippen molar-refractivity contribution in [1.29, 1.82) is 0 Å². The number of ether oxygens (including phenoxy) is 1. The average Bonchev–Trinajstić information content (AvgIpc) is 2.65. The molecule has 12 heteroatoms. The number of pyridine rings is 1. The van der Waals surface area contributed by atoms with Crippen LogP contribution in [0.15, 0.2) is 35.5 Å². The van der Waals surface area contributed by atoms with Gasteiger partial charge in [0.15, 0.2) is 11.2 Å². The number of nitrogens with zero attached hydrogens (tertiary/aromatic N) is 2. The van der Waals surface area contributed by atoms with Gasteiger partial charge in [-0.15, -0.1) is 0 Å². The largest absolute Gasteiger partial charge is 0.505 e. The predicted octanol–water partition coefficient (Wildman–Crippen LogP) is 2.39. The van der Waals surface area contributed by atoms with Crippen LogP contribution in [0.25, 0.3) is 0 Å². The minimum Gasteiger partial charge on any atom is -0.505 e. The highest BCUT2D eigenvalue weighted by Crippen LogP contribution is 2.39. The van der Waals surface area contributed by atoms with E-state index in [0.29, 0.717) is 0 Å². The van der Waals surface area contributed by atoms with Crippen molar-refractivity contribution in [3.63, 3.8) is 0 Å². The van der Waals surface area contributed by atoms with Crippen LogP contribution in [0.5, 0.6) is 5.75 Å². The zero-order chi connectivity index (χ0) is 21.8. The number of aliphatic imine (C=N–C) groups is 1. The van der Waals surface area contributed by atoms with Crippen molar-refractivity contribution in [2.24, 2.45) is 10.7 Å². The van der Waals surface area contributed by atoms with E-state index in [-0.39, 0.29) is 34.6 Å². The fraction of sp³-hybridized carbons (Fsp3) is 0.235. The topological polar surface area (TPSA) is 144 Å². The number of aromatic nitrogens is 1. The quantitative estimate of drug-likeness (QED) is 0.545. The molecule has 1 aromatic carbocycles. The molecule has 0 radical (unpaired) electrons. The number of carbonyl (C=O) groups is 1. The molecule has 156 valence electrons. The lowest BCUT2D eigenvalue weighted by atomic mass is 9.90. The second-order valence-electron chi connectivity index (χ2n) is 5.86. The van der Waals surface area contributed by atoms with E-state index in [4.69, 9.17) is 38.0 Å². The van der Waals surface area contributed by atoms with Gasteiger partial charge in [-0.1, -0.05) is 11.6 Å². The van der Waals surface area contributed by atoms with E-state index >= 15 is 0 Å². The summed E-state index contributed by atoms with van der Waals surface area (Å²) in [6.07, 6.45) is -1.71. The minimum atomic E-state index is -3.02. The van der Waals surface area contributed by atoms with Crippen LogP contribution < -0.4 is 11.5 Å². The lowest BCUT2D eigenvalue weighted by Crippen LogP contribution is -2.45. The van der Waals surface area contributed by atoms with Gasteiger partial charge in [0.05, 0.1) is 11.6 Å². The van der Waals surface area contributed by atoms with E-state index in [2.05, 4.69) is 9.98 Å². The van der Waals surface area contributed by atoms with Crippen LogP contribution in [-0.2, 0) is 10.3 Å². The fourth-order valence-corrected chi connectivity index (χ4v) is 2.71. The number of halogens is 4. The van der Waals surface area contributed by atoms with Crippen molar-refractivity contribution in [1.82, 2.24) is 4.98 Å². The Morgan fingerprint density at radius 1 is 1.34 bits per heavy atom. The van der Waals surface area contributed by atoms with Gasteiger partial charge in [0.1, 0.15) is 24.0 Å². The van der Waals surface area contributed by atoms with Crippen molar-refractivity contribution in [2.45, 2.75) is 12.0 Å². The van der Waals surface area contributed by atoms with Crippen LogP contribution in [0.2, 0.25) is 5.02 Å². The normalized spacial score (nSPS) is 18.6. The van der Waals surface area contributed by atoms with E-state index in [1.165, 1.54) is 18.3 Å². The highest BCUT2D eigenvalue weighted by atomic mass is 35.5. The molecule has 0 saturated carbocycles. The van der Waals surface area contributed by atoms with Crippen molar-refractivity contribution in [3.05, 3.63) is 52.6 Å². The van der Waals surface area contributed by atoms with Crippen molar-refractivity contribution < 1.29 is 32.9 Å². The van der Waals surface area contributed by atoms with Crippen molar-refractivity contribution in [3.8, 4) is 5.75 Å². The molecule has 1 aliphatic heterocycles. The van der Waals surface area contributed by atoms with Gasteiger partial charge >= 0.3 is 5.97 Å². The molecule has 0 amide bonds. The van der Waals surface area contributed by atoms with Gasteiger partial charge in [0, 0.05) is 17.4 Å². The van der Waals surface area contributed by atoms with Gasteiger partial charge in [-0.2, -0.15) is 0 Å². The minimum absolute atomic E-state index is 0.0563. The van der Waals surface area contributed by atoms with Crippen molar-refractivity contribution >= 4 is 29.1 Å². The summed E-state index contributed by atoms with van der Waals surface area (Å²) in [4.78, 5) is 17.3. The molecule has 0 fully saturated rings. The van der Waals surface area contributed by atoms with Gasteiger partial charge < -0.3 is 26.4 Å². The summed E-state index contributed by atoms with van der Waals surface area (Å²) in [5.41, 5.74) is 8.03. The van der Waals surface area contributed by atoms with E-state index < -0.39 is 35.9 Å². The number of nitrogen functional groups attached to an aromatic ring is 1. The third-order valence-electron chi connectivity index (χ3n) is 3.78. The molecule has 1 aromatic heterocycles. The van der Waals surface area contributed by atoms with E-state index in [1.54, 1.807) is 0 Å². The summed E-state index contributed by atoms with van der Waals surface area (Å²) < 4.78 is 45.7. The number of anilines is 1. The van der Waals surface area contributed by atoms with Crippen LogP contribution in [0.3, 0.4) is 0 Å². The molecule has 0 saturated heterocycles. The van der Waals surface area contributed by atoms with E-state index in [1.807, 2.05) is 0 Å². The molecule has 3 rings (SSSR count). The summed E-state index contributed by atoms with van der Waals surface area (Å²) in [5.74, 6) is -2.67. The van der Waals surface area contributed by atoms with Crippen LogP contribution in [-0.4, -0.2) is 46.6 Å². The summed E-state index contributed by atoms with van der Waals surface area (Å²) >= 11 is 5.62. The lowest BCUT2D eigenvalue weighted by molar-refractivity contribution is -0.0145. The van der Waals surface area contributed by atoms with Crippen LogP contribution in [0.4, 0.5) is 18.9 Å². The Morgan fingerprint density at radius 3 is 2.55 bits per heavy atom. The Kier molecular flexibility index (Phi) is 6.88. The predicted molar refractivity (Wildman–Crippen MR) is 98.8 cm³/mol. The maximum Gasteiger partial charge on any atom is 0.358 e. The molecule has 1 aliphatic rings. The second kappa shape index (κ2) is 8.97. The van der Waals surface area contributed by atoms with Gasteiger partial charge in [-0.3, -0.25) is 4.99 Å². The Labute approximate surface area is 167 Å². The highest BCUT2D eigenvalue weighted by Gasteiger charge is 2.46. The maximum absolute atomic E-state index is 14.0. The first kappa shape index (κ1) is 22.2. The molecule has 0 aliphatic carbocycles. The summed E-state index contributed by atoms with van der Waals surface area (Å²) in [6.45, 7) is -0.575. The molecule has 0 spiro atoms. The zero-order valence-corrected chi connectivity index (χ0v) is 15.4. The molecule has 8 nitrogen and oxygen atoms in total. The SMILES string of the molecule is NC1=N[C@@](c2cc(N)cc(Cl)c2F)(C(F)F)COC1.O=C(O)c1ncccc1O. The number of alkyl halides is 2. The number of aromatic hydroxyl groups is 1. The summed E-state index contributed by atoms with van der Waals surface area (Å²) in [5, 5.41) is 16.8. The standard InChI is InChI=1S/C11H11ClF3N3O.C6H5NO3/c12-7-2-5(16)1-6(9(7)13)11(10(14)15)4-19-3-8(17)18-11;8-4-2-1-3-7-5(4)6(9)10/h1-2,10H,3-4,16H2,(H2,17,18);1-3,8H,(H,9,10)/t11-;/m0./s1. The molecule has 2 aromatic rings. The Balaban J connectivity index is 0.000000253. The molecule has 29 heavy (non-hydrogen) atoms.